The Morgan fingerprint density at radius 2 is 0.839 bits per heavy atom. The van der Waals surface area contributed by atoms with E-state index in [2.05, 4.69) is 127 Å². The monoisotopic (exact) mass is 394 g/mol. The number of benzene rings is 6. The molecule has 0 heterocycles. The van der Waals surface area contributed by atoms with Gasteiger partial charge in [0.25, 0.3) is 0 Å². The second-order valence-electron chi connectivity index (χ2n) is 8.18. The maximum Gasteiger partial charge on any atom is 0.0352 e. The number of rotatable bonds is 3. The van der Waals surface area contributed by atoms with Crippen LogP contribution in [0.25, 0.3) is 32.3 Å². The van der Waals surface area contributed by atoms with Gasteiger partial charge in [-0.25, -0.2) is 0 Å². The molecule has 0 nitrogen and oxygen atoms in total. The molecule has 0 N–H and O–H groups in total. The summed E-state index contributed by atoms with van der Waals surface area (Å²) in [6.45, 7) is 0. The molecule has 0 aromatic heterocycles. The van der Waals surface area contributed by atoms with Crippen molar-refractivity contribution in [2.45, 2.75) is 5.92 Å². The first-order valence-corrected chi connectivity index (χ1v) is 10.8. The quantitative estimate of drug-likeness (QED) is 0.265. The average Bonchev–Trinajstić information content (AvgIpc) is 2.84. The van der Waals surface area contributed by atoms with Crippen LogP contribution >= 0.6 is 0 Å². The van der Waals surface area contributed by atoms with Crippen molar-refractivity contribution in [3.8, 4) is 0 Å². The minimum Gasteiger partial charge on any atom is -0.0616 e. The molecule has 0 aliphatic rings. The van der Waals surface area contributed by atoms with Gasteiger partial charge in [-0.3, -0.25) is 0 Å². The zero-order valence-corrected chi connectivity index (χ0v) is 17.2. The van der Waals surface area contributed by atoms with E-state index in [-0.39, 0.29) is 5.92 Å². The summed E-state index contributed by atoms with van der Waals surface area (Å²) in [5, 5.41) is 7.76. The lowest BCUT2D eigenvalue weighted by atomic mass is 9.80. The van der Waals surface area contributed by atoms with Gasteiger partial charge in [-0.15, -0.1) is 0 Å². The molecule has 0 aliphatic heterocycles. The Hall–Kier alpha value is -3.90. The van der Waals surface area contributed by atoms with Crippen molar-refractivity contribution in [2.75, 3.05) is 0 Å². The minimum absolute atomic E-state index is 0.154. The topological polar surface area (TPSA) is 0 Å². The van der Waals surface area contributed by atoms with Crippen molar-refractivity contribution in [3.63, 3.8) is 0 Å². The van der Waals surface area contributed by atoms with E-state index in [1.807, 2.05) is 0 Å². The van der Waals surface area contributed by atoms with Crippen molar-refractivity contribution in [1.82, 2.24) is 0 Å². The predicted molar refractivity (Wildman–Crippen MR) is 133 cm³/mol. The summed E-state index contributed by atoms with van der Waals surface area (Å²) < 4.78 is 0. The molecule has 0 unspecified atom stereocenters. The molecule has 0 saturated heterocycles. The third-order valence-electron chi connectivity index (χ3n) is 6.38. The summed E-state index contributed by atoms with van der Waals surface area (Å²) in [7, 11) is 0. The molecule has 0 heteroatoms. The van der Waals surface area contributed by atoms with Crippen LogP contribution in [0.15, 0.2) is 127 Å². The van der Waals surface area contributed by atoms with E-state index < -0.39 is 0 Å². The van der Waals surface area contributed by atoms with Gasteiger partial charge < -0.3 is 0 Å². The maximum atomic E-state index is 2.36. The molecule has 0 radical (unpaired) electrons. The Labute approximate surface area is 182 Å². The highest BCUT2D eigenvalue weighted by Gasteiger charge is 2.21. The second kappa shape index (κ2) is 7.41. The van der Waals surface area contributed by atoms with Gasteiger partial charge in [0.15, 0.2) is 0 Å². The molecule has 6 rings (SSSR count). The smallest absolute Gasteiger partial charge is 0.0352 e. The lowest BCUT2D eigenvalue weighted by Gasteiger charge is -2.23. The zero-order chi connectivity index (χ0) is 20.6. The van der Waals surface area contributed by atoms with Crippen molar-refractivity contribution in [1.29, 1.82) is 0 Å². The van der Waals surface area contributed by atoms with Crippen LogP contribution in [0, 0.1) is 0 Å². The van der Waals surface area contributed by atoms with E-state index in [0.717, 1.165) is 0 Å². The lowest BCUT2D eigenvalue weighted by molar-refractivity contribution is 1.00. The molecule has 31 heavy (non-hydrogen) atoms. The fraction of sp³-hybridized carbons (Fsp3) is 0.0323. The van der Waals surface area contributed by atoms with Crippen molar-refractivity contribution in [3.05, 3.63) is 144 Å². The first-order chi connectivity index (χ1) is 15.4. The molecular formula is C31H22. The van der Waals surface area contributed by atoms with Gasteiger partial charge >= 0.3 is 0 Å². The SMILES string of the molecule is c1ccc2cc(C(c3cccc4ccccc34)c3cccc4ccccc34)ccc2c1. The minimum atomic E-state index is 0.154. The average molecular weight is 395 g/mol. The first-order valence-electron chi connectivity index (χ1n) is 10.8. The third-order valence-corrected chi connectivity index (χ3v) is 6.38. The van der Waals surface area contributed by atoms with Gasteiger partial charge in [0.2, 0.25) is 0 Å². The second-order valence-corrected chi connectivity index (χ2v) is 8.18. The lowest BCUT2D eigenvalue weighted by Crippen LogP contribution is -2.05. The molecule has 0 spiro atoms. The Bertz CT molecular complexity index is 1450. The van der Waals surface area contributed by atoms with Crippen molar-refractivity contribution >= 4 is 32.3 Å². The standard InChI is InChI=1S/C31H22/c1-2-12-25-21-26(20-19-22(25)9-1)31(29-17-7-13-23-10-3-5-15-27(23)29)30-18-8-14-24-11-4-6-16-28(24)30/h1-21,31H. The molecule has 0 fully saturated rings. The molecular weight excluding hydrogens is 372 g/mol. The fourth-order valence-corrected chi connectivity index (χ4v) is 4.92. The van der Waals surface area contributed by atoms with Gasteiger partial charge in [0, 0.05) is 5.92 Å². The maximum absolute atomic E-state index is 2.36. The van der Waals surface area contributed by atoms with E-state index >= 15 is 0 Å². The van der Waals surface area contributed by atoms with Crippen LogP contribution in [0.2, 0.25) is 0 Å². The number of hydrogen-bond donors (Lipinski definition) is 0. The normalized spacial score (nSPS) is 11.5. The van der Waals surface area contributed by atoms with Gasteiger partial charge in [0.1, 0.15) is 0 Å². The van der Waals surface area contributed by atoms with Crippen LogP contribution < -0.4 is 0 Å². The van der Waals surface area contributed by atoms with Crippen LogP contribution in [0.4, 0.5) is 0 Å². The van der Waals surface area contributed by atoms with E-state index in [4.69, 9.17) is 0 Å². The first kappa shape index (κ1) is 17.9. The fourth-order valence-electron chi connectivity index (χ4n) is 4.92. The van der Waals surface area contributed by atoms with Crippen LogP contribution in [0.5, 0.6) is 0 Å². The molecule has 0 aliphatic carbocycles. The highest BCUT2D eigenvalue weighted by molar-refractivity contribution is 5.92. The van der Waals surface area contributed by atoms with Gasteiger partial charge in [-0.2, -0.15) is 0 Å². The molecule has 6 aromatic carbocycles. The van der Waals surface area contributed by atoms with Gasteiger partial charge in [-0.05, 0) is 49.0 Å². The summed E-state index contributed by atoms with van der Waals surface area (Å²) in [6.07, 6.45) is 0. The van der Waals surface area contributed by atoms with E-state index in [1.54, 1.807) is 0 Å². The summed E-state index contributed by atoms with van der Waals surface area (Å²) >= 11 is 0. The highest BCUT2D eigenvalue weighted by Crippen LogP contribution is 2.40. The molecule has 0 bridgehead atoms. The zero-order valence-electron chi connectivity index (χ0n) is 17.2. The Balaban J connectivity index is 1.69. The van der Waals surface area contributed by atoms with Crippen molar-refractivity contribution in [2.24, 2.45) is 0 Å². The molecule has 0 saturated carbocycles. The molecule has 6 aromatic rings. The summed E-state index contributed by atoms with van der Waals surface area (Å²) in [5.74, 6) is 0.154. The third kappa shape index (κ3) is 3.08. The largest absolute Gasteiger partial charge is 0.0616 e. The Morgan fingerprint density at radius 1 is 0.355 bits per heavy atom. The number of hydrogen-bond acceptors (Lipinski definition) is 0. The van der Waals surface area contributed by atoms with Crippen LogP contribution in [-0.4, -0.2) is 0 Å². The highest BCUT2D eigenvalue weighted by atomic mass is 14.2. The van der Waals surface area contributed by atoms with E-state index in [0.29, 0.717) is 0 Å². The van der Waals surface area contributed by atoms with Crippen molar-refractivity contribution < 1.29 is 0 Å². The summed E-state index contributed by atoms with van der Waals surface area (Å²) in [4.78, 5) is 0. The predicted octanol–water partition coefficient (Wildman–Crippen LogP) is 8.33. The van der Waals surface area contributed by atoms with E-state index in [9.17, 15) is 0 Å². The van der Waals surface area contributed by atoms with E-state index in [1.165, 1.54) is 49.0 Å². The molecule has 146 valence electrons. The van der Waals surface area contributed by atoms with Gasteiger partial charge in [-0.1, -0.05) is 127 Å². The van der Waals surface area contributed by atoms with Crippen LogP contribution in [0.1, 0.15) is 22.6 Å². The Kier molecular flexibility index (Phi) is 4.28. The number of fused-ring (bicyclic) bond motifs is 3. The summed E-state index contributed by atoms with van der Waals surface area (Å²) in [5.41, 5.74) is 4.03. The van der Waals surface area contributed by atoms with Gasteiger partial charge in [0.05, 0.1) is 0 Å². The summed E-state index contributed by atoms with van der Waals surface area (Å²) in [6, 6.07) is 46.4. The van der Waals surface area contributed by atoms with Crippen LogP contribution in [-0.2, 0) is 0 Å². The Morgan fingerprint density at radius 3 is 1.45 bits per heavy atom. The molecule has 0 atom stereocenters. The van der Waals surface area contributed by atoms with Crippen LogP contribution in [0.3, 0.4) is 0 Å². The molecule has 0 amide bonds.